The molecule has 0 amide bonds. The van der Waals surface area contributed by atoms with Gasteiger partial charge in [-0.05, 0) is 118 Å². The number of rotatable bonds is 6. The van der Waals surface area contributed by atoms with Gasteiger partial charge in [-0.2, -0.15) is 0 Å². The number of benzene rings is 8. The van der Waals surface area contributed by atoms with Crippen LogP contribution in [0.2, 0.25) is 0 Å². The molecule has 0 spiro atoms. The molecule has 62 heavy (non-hydrogen) atoms. The van der Waals surface area contributed by atoms with Crippen LogP contribution in [0.15, 0.2) is 158 Å². The van der Waals surface area contributed by atoms with Crippen LogP contribution in [0.5, 0.6) is 0 Å². The predicted molar refractivity (Wildman–Crippen MR) is 264 cm³/mol. The molecule has 1 aliphatic rings. The summed E-state index contributed by atoms with van der Waals surface area (Å²) in [6.07, 6.45) is 7.03. The zero-order valence-electron chi connectivity index (χ0n) is 35.4. The van der Waals surface area contributed by atoms with E-state index in [0.717, 1.165) is 24.2 Å². The van der Waals surface area contributed by atoms with Crippen LogP contribution >= 0.6 is 0 Å². The minimum Gasteiger partial charge on any atom is -0.310 e. The lowest BCUT2D eigenvalue weighted by Gasteiger charge is -2.28. The fraction of sp³-hybridized carbons (Fsp3) is 0.103. The van der Waals surface area contributed by atoms with E-state index in [1.54, 1.807) is 0 Å². The number of aromatic nitrogens is 2. The molecule has 0 unspecified atom stereocenters. The second kappa shape index (κ2) is 13.0. The molecule has 0 saturated heterocycles. The van der Waals surface area contributed by atoms with Crippen molar-refractivity contribution in [1.82, 2.24) is 8.80 Å². The van der Waals surface area contributed by atoms with E-state index in [1.807, 2.05) is 0 Å². The van der Waals surface area contributed by atoms with Gasteiger partial charge in [0.05, 0.1) is 39.0 Å². The van der Waals surface area contributed by atoms with E-state index in [1.165, 1.54) is 121 Å². The molecule has 13 rings (SSSR count). The Balaban J connectivity index is 1.13. The second-order valence-electron chi connectivity index (χ2n) is 17.5. The summed E-state index contributed by atoms with van der Waals surface area (Å²) >= 11 is 0. The summed E-state index contributed by atoms with van der Waals surface area (Å²) in [5, 5.41) is 11.7. The fourth-order valence-corrected chi connectivity index (χ4v) is 11.2. The molecular formula is C58H44N4. The fourth-order valence-electron chi connectivity index (χ4n) is 11.2. The average molecular weight is 797 g/mol. The van der Waals surface area contributed by atoms with Gasteiger partial charge < -0.3 is 18.6 Å². The Morgan fingerprint density at radius 3 is 1.48 bits per heavy atom. The molecule has 0 saturated carbocycles. The second-order valence-corrected chi connectivity index (χ2v) is 17.5. The van der Waals surface area contributed by atoms with Crippen LogP contribution in [0.3, 0.4) is 0 Å². The van der Waals surface area contributed by atoms with Crippen LogP contribution in [-0.4, -0.2) is 8.80 Å². The zero-order valence-corrected chi connectivity index (χ0v) is 35.4. The molecule has 0 aliphatic heterocycles. The van der Waals surface area contributed by atoms with Crippen molar-refractivity contribution in [3.05, 3.63) is 191 Å². The molecule has 8 aromatic carbocycles. The summed E-state index contributed by atoms with van der Waals surface area (Å²) in [7, 11) is 0. The summed E-state index contributed by atoms with van der Waals surface area (Å²) in [6.45, 7) is 8.83. The van der Waals surface area contributed by atoms with Crippen LogP contribution < -0.4 is 20.4 Å². The van der Waals surface area contributed by atoms with Crippen LogP contribution in [0.25, 0.3) is 77.4 Å². The standard InChI is InChI=1S/C58H44N4/c1-35-23-27-47(37(3)31-35)59(39-15-7-5-8-16-39)51-29-25-41-45-33-54-46(34-53(45)61-49-21-13-11-19-43(49)55(51)57(41)61)42-26-30-52(56-44-20-12-14-22-50(44)62(54)58(42)56)60(40-17-9-6-10-18-40)48-28-24-36(2)32-38(48)4/h5-11,13,15-34H,12,14H2,1-4H3. The molecule has 4 heterocycles. The highest BCUT2D eigenvalue weighted by Crippen LogP contribution is 2.49. The van der Waals surface area contributed by atoms with Gasteiger partial charge in [-0.1, -0.05) is 114 Å². The highest BCUT2D eigenvalue weighted by atomic mass is 15.2. The molecule has 4 heteroatoms. The summed E-state index contributed by atoms with van der Waals surface area (Å²) in [5.74, 6) is 0. The third-order valence-electron chi connectivity index (χ3n) is 13.7. The van der Waals surface area contributed by atoms with Gasteiger partial charge >= 0.3 is 0 Å². The average Bonchev–Trinajstić information content (AvgIpc) is 4.02. The number of para-hydroxylation sites is 3. The van der Waals surface area contributed by atoms with Gasteiger partial charge in [0, 0.05) is 71.0 Å². The van der Waals surface area contributed by atoms with Gasteiger partial charge in [0.15, 0.2) is 0 Å². The molecule has 0 fully saturated rings. The van der Waals surface area contributed by atoms with Crippen molar-refractivity contribution in [3.8, 4) is 0 Å². The van der Waals surface area contributed by atoms with Crippen LogP contribution in [0.1, 0.15) is 35.1 Å². The Labute approximate surface area is 359 Å². The van der Waals surface area contributed by atoms with Gasteiger partial charge in [-0.3, -0.25) is 0 Å². The van der Waals surface area contributed by atoms with E-state index in [4.69, 9.17) is 0 Å². The molecular weight excluding hydrogens is 753 g/mol. The van der Waals surface area contributed by atoms with Crippen molar-refractivity contribution in [2.75, 3.05) is 9.80 Å². The zero-order chi connectivity index (χ0) is 41.4. The third kappa shape index (κ3) is 4.78. The lowest BCUT2D eigenvalue weighted by atomic mass is 10.0. The number of anilines is 6. The Bertz CT molecular complexity index is 3910. The van der Waals surface area contributed by atoms with Crippen LogP contribution in [-0.2, 0) is 0 Å². The first-order valence-electron chi connectivity index (χ1n) is 21.9. The molecule has 0 bridgehead atoms. The third-order valence-corrected chi connectivity index (χ3v) is 13.7. The van der Waals surface area contributed by atoms with Crippen molar-refractivity contribution in [3.63, 3.8) is 0 Å². The first-order valence-corrected chi connectivity index (χ1v) is 21.9. The predicted octanol–water partition coefficient (Wildman–Crippen LogP) is 14.4. The maximum absolute atomic E-state index is 2.59. The number of nitrogens with zero attached hydrogens (tertiary/aromatic N) is 4. The van der Waals surface area contributed by atoms with Gasteiger partial charge in [0.25, 0.3) is 0 Å². The van der Waals surface area contributed by atoms with Crippen molar-refractivity contribution in [2.24, 2.45) is 0 Å². The van der Waals surface area contributed by atoms with Crippen molar-refractivity contribution in [1.29, 1.82) is 0 Å². The maximum Gasteiger partial charge on any atom is 0.0641 e. The highest BCUT2D eigenvalue weighted by Gasteiger charge is 2.28. The van der Waals surface area contributed by atoms with Crippen molar-refractivity contribution in [2.45, 2.75) is 40.5 Å². The number of aryl methyl sites for hydroxylation is 4. The smallest absolute Gasteiger partial charge is 0.0641 e. The largest absolute Gasteiger partial charge is 0.310 e. The SMILES string of the molecule is Cc1ccc(N(c2ccccc2)c2ccc3c4cc5c(cc4n4c6c(c2c34)=CCCC=6)c2ccc(N(c3ccccc3)c3ccc(C)cc3C)c3c4ccccc4n5c23)c(C)c1. The van der Waals surface area contributed by atoms with Gasteiger partial charge in [-0.25, -0.2) is 0 Å². The van der Waals surface area contributed by atoms with E-state index in [0.29, 0.717) is 0 Å². The molecule has 1 aliphatic carbocycles. The lowest BCUT2D eigenvalue weighted by Crippen LogP contribution is -2.28. The minimum atomic E-state index is 1.03. The Morgan fingerprint density at radius 1 is 0.387 bits per heavy atom. The van der Waals surface area contributed by atoms with Gasteiger partial charge in [0.2, 0.25) is 0 Å². The summed E-state index contributed by atoms with van der Waals surface area (Å²) in [5.41, 5.74) is 18.5. The molecule has 0 radical (unpaired) electrons. The van der Waals surface area contributed by atoms with E-state index in [9.17, 15) is 0 Å². The monoisotopic (exact) mass is 796 g/mol. The Kier molecular flexibility index (Phi) is 7.37. The Morgan fingerprint density at radius 2 is 0.887 bits per heavy atom. The minimum absolute atomic E-state index is 1.03. The first kappa shape index (κ1) is 35.2. The quantitative estimate of drug-likeness (QED) is 0.167. The number of hydrogen-bond donors (Lipinski definition) is 0. The summed E-state index contributed by atoms with van der Waals surface area (Å²) in [6, 6.07) is 58.9. The highest BCUT2D eigenvalue weighted by molar-refractivity contribution is 6.30. The van der Waals surface area contributed by atoms with E-state index in [-0.39, 0.29) is 0 Å². The topological polar surface area (TPSA) is 15.3 Å². The molecule has 296 valence electrons. The van der Waals surface area contributed by atoms with Crippen LogP contribution in [0, 0.1) is 27.7 Å². The van der Waals surface area contributed by atoms with Gasteiger partial charge in [0.1, 0.15) is 0 Å². The van der Waals surface area contributed by atoms with E-state index in [2.05, 4.69) is 216 Å². The molecule has 0 atom stereocenters. The van der Waals surface area contributed by atoms with E-state index >= 15 is 0 Å². The summed E-state index contributed by atoms with van der Waals surface area (Å²) < 4.78 is 5.14. The lowest BCUT2D eigenvalue weighted by molar-refractivity contribution is 1.08. The first-order chi connectivity index (χ1) is 30.4. The normalized spacial score (nSPS) is 13.0. The number of hydrogen-bond acceptors (Lipinski definition) is 2. The molecule has 4 nitrogen and oxygen atoms in total. The van der Waals surface area contributed by atoms with Crippen molar-refractivity contribution < 1.29 is 0 Å². The molecule has 0 N–H and O–H groups in total. The summed E-state index contributed by atoms with van der Waals surface area (Å²) in [4.78, 5) is 4.95. The Hall–Kier alpha value is -7.56. The molecule has 4 aromatic heterocycles. The maximum atomic E-state index is 2.59. The van der Waals surface area contributed by atoms with Crippen molar-refractivity contribution >= 4 is 112 Å². The van der Waals surface area contributed by atoms with E-state index < -0.39 is 0 Å². The number of fused-ring (bicyclic) bond motifs is 12. The van der Waals surface area contributed by atoms with Crippen LogP contribution in [0.4, 0.5) is 34.1 Å². The van der Waals surface area contributed by atoms with Gasteiger partial charge in [-0.15, -0.1) is 0 Å². The molecule has 12 aromatic rings.